The van der Waals surface area contributed by atoms with Crippen LogP contribution in [0.3, 0.4) is 0 Å². The molecule has 5 nitrogen and oxygen atoms in total. The number of para-hydroxylation sites is 1. The second kappa shape index (κ2) is 7.77. The molecule has 1 amide bonds. The van der Waals surface area contributed by atoms with Crippen LogP contribution in [0, 0.1) is 5.92 Å². The molecule has 2 aromatic rings. The van der Waals surface area contributed by atoms with Gasteiger partial charge in [0, 0.05) is 12.7 Å². The van der Waals surface area contributed by atoms with Gasteiger partial charge >= 0.3 is 0 Å². The first kappa shape index (κ1) is 16.9. The molecular weight excluding hydrogens is 328 g/mol. The number of anilines is 1. The molecule has 136 valence electrons. The molecule has 0 unspecified atom stereocenters. The molecule has 0 bridgehead atoms. The quantitative estimate of drug-likeness (QED) is 0.832. The second-order valence-corrected chi connectivity index (χ2v) is 6.94. The summed E-state index contributed by atoms with van der Waals surface area (Å²) in [6.45, 7) is 1.67. The third-order valence-electron chi connectivity index (χ3n) is 5.13. The average molecular weight is 352 g/mol. The molecule has 1 fully saturated rings. The highest BCUT2D eigenvalue weighted by Gasteiger charge is 2.28. The minimum absolute atomic E-state index is 0.0726. The molecule has 0 radical (unpaired) electrons. The number of carbonyl (C=O) groups is 1. The Morgan fingerprint density at radius 2 is 1.88 bits per heavy atom. The largest absolute Gasteiger partial charge is 0.486 e. The van der Waals surface area contributed by atoms with Crippen molar-refractivity contribution in [1.82, 2.24) is 4.98 Å². The van der Waals surface area contributed by atoms with Gasteiger partial charge < -0.3 is 9.47 Å². The number of ether oxygens (including phenoxy) is 2. The molecule has 1 aliphatic heterocycles. The normalized spacial score (nSPS) is 16.9. The van der Waals surface area contributed by atoms with Gasteiger partial charge in [-0.05, 0) is 43.0 Å². The number of fused-ring (bicyclic) bond motifs is 1. The SMILES string of the molecule is O=C(c1cccc2c1OCCO2)N(CC1CCCCC1)c1ccccn1. The smallest absolute Gasteiger partial charge is 0.263 e. The summed E-state index contributed by atoms with van der Waals surface area (Å²) in [7, 11) is 0. The van der Waals surface area contributed by atoms with E-state index in [1.165, 1.54) is 32.1 Å². The fourth-order valence-corrected chi connectivity index (χ4v) is 3.81. The summed E-state index contributed by atoms with van der Waals surface area (Å²) < 4.78 is 11.4. The zero-order valence-electron chi connectivity index (χ0n) is 14.9. The number of benzene rings is 1. The van der Waals surface area contributed by atoms with E-state index in [0.29, 0.717) is 48.6 Å². The summed E-state index contributed by atoms with van der Waals surface area (Å²) in [5.41, 5.74) is 0.545. The Hall–Kier alpha value is -2.56. The molecule has 1 aromatic heterocycles. The summed E-state index contributed by atoms with van der Waals surface area (Å²) >= 11 is 0. The monoisotopic (exact) mass is 352 g/mol. The van der Waals surface area contributed by atoms with E-state index in [0.717, 1.165) is 0 Å². The summed E-state index contributed by atoms with van der Waals surface area (Å²) in [6.07, 6.45) is 7.85. The number of aromatic nitrogens is 1. The Morgan fingerprint density at radius 1 is 1.04 bits per heavy atom. The van der Waals surface area contributed by atoms with Crippen molar-refractivity contribution in [2.24, 2.45) is 5.92 Å². The molecule has 0 saturated heterocycles. The lowest BCUT2D eigenvalue weighted by molar-refractivity contribution is 0.0968. The summed E-state index contributed by atoms with van der Waals surface area (Å²) in [5.74, 6) is 2.33. The maximum Gasteiger partial charge on any atom is 0.263 e. The van der Waals surface area contributed by atoms with Crippen molar-refractivity contribution in [3.63, 3.8) is 0 Å². The molecule has 2 heterocycles. The van der Waals surface area contributed by atoms with Gasteiger partial charge in [-0.2, -0.15) is 0 Å². The van der Waals surface area contributed by atoms with Gasteiger partial charge in [0.1, 0.15) is 19.0 Å². The van der Waals surface area contributed by atoms with Crippen molar-refractivity contribution in [2.45, 2.75) is 32.1 Å². The zero-order chi connectivity index (χ0) is 17.8. The molecule has 5 heteroatoms. The fourth-order valence-electron chi connectivity index (χ4n) is 3.81. The van der Waals surface area contributed by atoms with Crippen LogP contribution in [0.4, 0.5) is 5.82 Å². The lowest BCUT2D eigenvalue weighted by Gasteiger charge is -2.30. The van der Waals surface area contributed by atoms with Gasteiger partial charge in [0.05, 0.1) is 5.56 Å². The van der Waals surface area contributed by atoms with E-state index in [4.69, 9.17) is 9.47 Å². The number of nitrogens with zero attached hydrogens (tertiary/aromatic N) is 2. The Morgan fingerprint density at radius 3 is 2.69 bits per heavy atom. The minimum Gasteiger partial charge on any atom is -0.486 e. The van der Waals surface area contributed by atoms with Gasteiger partial charge in [0.15, 0.2) is 11.5 Å². The van der Waals surface area contributed by atoms with Crippen molar-refractivity contribution in [2.75, 3.05) is 24.7 Å². The van der Waals surface area contributed by atoms with E-state index in [1.807, 2.05) is 41.3 Å². The van der Waals surface area contributed by atoms with Gasteiger partial charge in [-0.1, -0.05) is 31.4 Å². The van der Waals surface area contributed by atoms with E-state index in [9.17, 15) is 4.79 Å². The highest BCUT2D eigenvalue weighted by molar-refractivity contribution is 6.08. The topological polar surface area (TPSA) is 51.7 Å². The van der Waals surface area contributed by atoms with E-state index < -0.39 is 0 Å². The molecule has 26 heavy (non-hydrogen) atoms. The van der Waals surface area contributed by atoms with Crippen LogP contribution in [0.1, 0.15) is 42.5 Å². The number of amides is 1. The fraction of sp³-hybridized carbons (Fsp3) is 0.429. The third-order valence-corrected chi connectivity index (χ3v) is 5.13. The Bertz CT molecular complexity index is 757. The van der Waals surface area contributed by atoms with Crippen molar-refractivity contribution < 1.29 is 14.3 Å². The summed E-state index contributed by atoms with van der Waals surface area (Å²) in [5, 5.41) is 0. The molecule has 0 atom stereocenters. The van der Waals surface area contributed by atoms with E-state index in [1.54, 1.807) is 6.20 Å². The zero-order valence-corrected chi connectivity index (χ0v) is 14.9. The molecule has 1 aromatic carbocycles. The lowest BCUT2D eigenvalue weighted by Crippen LogP contribution is -2.37. The van der Waals surface area contributed by atoms with E-state index in [2.05, 4.69) is 4.98 Å². The Balaban J connectivity index is 1.66. The van der Waals surface area contributed by atoms with Crippen LogP contribution < -0.4 is 14.4 Å². The van der Waals surface area contributed by atoms with Crippen LogP contribution in [0.25, 0.3) is 0 Å². The molecule has 1 aliphatic carbocycles. The molecular formula is C21H24N2O3. The van der Waals surface area contributed by atoms with Crippen molar-refractivity contribution in [1.29, 1.82) is 0 Å². The standard InChI is InChI=1S/C21H24N2O3/c24-21(17-9-6-10-18-20(17)26-14-13-25-18)23(19-11-4-5-12-22-19)15-16-7-2-1-3-8-16/h4-6,9-12,16H,1-3,7-8,13-15H2. The van der Waals surface area contributed by atoms with Gasteiger partial charge in [0.2, 0.25) is 0 Å². The van der Waals surface area contributed by atoms with Crippen LogP contribution >= 0.6 is 0 Å². The molecule has 1 saturated carbocycles. The van der Waals surface area contributed by atoms with Crippen LogP contribution in [0.5, 0.6) is 11.5 Å². The number of carbonyl (C=O) groups excluding carboxylic acids is 1. The van der Waals surface area contributed by atoms with Crippen molar-refractivity contribution in [3.8, 4) is 11.5 Å². The predicted molar refractivity (Wildman–Crippen MR) is 99.9 cm³/mol. The Labute approximate surface area is 153 Å². The number of pyridine rings is 1. The van der Waals surface area contributed by atoms with Gasteiger partial charge in [-0.15, -0.1) is 0 Å². The molecule has 2 aliphatic rings. The maximum atomic E-state index is 13.4. The molecule has 4 rings (SSSR count). The van der Waals surface area contributed by atoms with Crippen LogP contribution in [-0.2, 0) is 0 Å². The highest BCUT2D eigenvalue weighted by atomic mass is 16.6. The van der Waals surface area contributed by atoms with Crippen LogP contribution in [0.15, 0.2) is 42.6 Å². The molecule has 0 N–H and O–H groups in total. The third kappa shape index (κ3) is 3.52. The van der Waals surface area contributed by atoms with E-state index >= 15 is 0 Å². The second-order valence-electron chi connectivity index (χ2n) is 6.94. The highest BCUT2D eigenvalue weighted by Crippen LogP contribution is 2.35. The van der Waals surface area contributed by atoms with Crippen LogP contribution in [0.2, 0.25) is 0 Å². The van der Waals surface area contributed by atoms with E-state index in [-0.39, 0.29) is 5.91 Å². The van der Waals surface area contributed by atoms with Gasteiger partial charge in [-0.25, -0.2) is 4.98 Å². The van der Waals surface area contributed by atoms with Crippen molar-refractivity contribution >= 4 is 11.7 Å². The number of hydrogen-bond acceptors (Lipinski definition) is 4. The number of hydrogen-bond donors (Lipinski definition) is 0. The first-order chi connectivity index (χ1) is 12.8. The van der Waals surface area contributed by atoms with Gasteiger partial charge in [-0.3, -0.25) is 9.69 Å². The predicted octanol–water partition coefficient (Wildman–Crippen LogP) is 4.08. The first-order valence-corrected chi connectivity index (χ1v) is 9.44. The minimum atomic E-state index is -0.0726. The summed E-state index contributed by atoms with van der Waals surface area (Å²) in [6, 6.07) is 11.2. The lowest BCUT2D eigenvalue weighted by atomic mass is 9.89. The average Bonchev–Trinajstić information content (AvgIpc) is 2.72. The number of rotatable bonds is 4. The summed E-state index contributed by atoms with van der Waals surface area (Å²) in [4.78, 5) is 19.7. The first-order valence-electron chi connectivity index (χ1n) is 9.44. The van der Waals surface area contributed by atoms with Gasteiger partial charge in [0.25, 0.3) is 5.91 Å². The Kier molecular flexibility index (Phi) is 5.04. The maximum absolute atomic E-state index is 13.4. The molecule has 0 spiro atoms. The van der Waals surface area contributed by atoms with Crippen molar-refractivity contribution in [3.05, 3.63) is 48.2 Å². The van der Waals surface area contributed by atoms with Crippen LogP contribution in [-0.4, -0.2) is 30.6 Å².